The van der Waals surface area contributed by atoms with Gasteiger partial charge in [-0.15, -0.1) is 0 Å². The molecule has 0 aromatic heterocycles. The SMILES string of the molecule is C[C@H]1CO[C@@H]2CO[C@@H](c3ccccc3)OC2C1=O. The van der Waals surface area contributed by atoms with Crippen LogP contribution < -0.4 is 0 Å². The van der Waals surface area contributed by atoms with E-state index in [2.05, 4.69) is 0 Å². The smallest absolute Gasteiger partial charge is 0.184 e. The van der Waals surface area contributed by atoms with Crippen LogP contribution in [0.4, 0.5) is 0 Å². The lowest BCUT2D eigenvalue weighted by atomic mass is 9.95. The Morgan fingerprint density at radius 1 is 1.11 bits per heavy atom. The second kappa shape index (κ2) is 4.80. The zero-order valence-electron chi connectivity index (χ0n) is 10.2. The van der Waals surface area contributed by atoms with Crippen molar-refractivity contribution in [2.24, 2.45) is 5.92 Å². The van der Waals surface area contributed by atoms with Gasteiger partial charge in [-0.25, -0.2) is 0 Å². The van der Waals surface area contributed by atoms with Crippen molar-refractivity contribution in [2.75, 3.05) is 13.2 Å². The number of fused-ring (bicyclic) bond motifs is 1. The summed E-state index contributed by atoms with van der Waals surface area (Å²) in [7, 11) is 0. The molecule has 1 aromatic rings. The van der Waals surface area contributed by atoms with Crippen LogP contribution in [-0.4, -0.2) is 31.2 Å². The van der Waals surface area contributed by atoms with Crippen molar-refractivity contribution in [3.63, 3.8) is 0 Å². The monoisotopic (exact) mass is 248 g/mol. The lowest BCUT2D eigenvalue weighted by Crippen LogP contribution is -2.53. The first kappa shape index (κ1) is 11.8. The van der Waals surface area contributed by atoms with Gasteiger partial charge in [0.05, 0.1) is 13.2 Å². The van der Waals surface area contributed by atoms with E-state index in [0.29, 0.717) is 13.2 Å². The molecule has 4 heteroatoms. The van der Waals surface area contributed by atoms with Crippen molar-refractivity contribution >= 4 is 5.78 Å². The van der Waals surface area contributed by atoms with E-state index in [0.717, 1.165) is 5.56 Å². The molecule has 0 spiro atoms. The lowest BCUT2D eigenvalue weighted by molar-refractivity contribution is -0.270. The van der Waals surface area contributed by atoms with Crippen molar-refractivity contribution in [2.45, 2.75) is 25.4 Å². The summed E-state index contributed by atoms with van der Waals surface area (Å²) in [5.41, 5.74) is 0.932. The second-order valence-corrected chi connectivity index (χ2v) is 4.81. The van der Waals surface area contributed by atoms with Crippen molar-refractivity contribution in [3.05, 3.63) is 35.9 Å². The molecule has 2 saturated heterocycles. The highest BCUT2D eigenvalue weighted by Crippen LogP contribution is 2.31. The number of ether oxygens (including phenoxy) is 3. The Bertz CT molecular complexity index is 431. The number of carbonyl (C=O) groups is 1. The average Bonchev–Trinajstić information content (AvgIpc) is 2.44. The van der Waals surface area contributed by atoms with Crippen LogP contribution in [0.1, 0.15) is 18.8 Å². The molecule has 1 unspecified atom stereocenters. The summed E-state index contributed by atoms with van der Waals surface area (Å²) in [6, 6.07) is 9.66. The van der Waals surface area contributed by atoms with Gasteiger partial charge < -0.3 is 14.2 Å². The van der Waals surface area contributed by atoms with Crippen LogP contribution in [0.2, 0.25) is 0 Å². The largest absolute Gasteiger partial charge is 0.372 e. The molecule has 0 radical (unpaired) electrons. The Balaban J connectivity index is 1.77. The van der Waals surface area contributed by atoms with E-state index in [4.69, 9.17) is 14.2 Å². The fourth-order valence-electron chi connectivity index (χ4n) is 2.33. The molecule has 0 amide bonds. The third kappa shape index (κ3) is 2.07. The Morgan fingerprint density at radius 2 is 1.89 bits per heavy atom. The van der Waals surface area contributed by atoms with Gasteiger partial charge in [-0.3, -0.25) is 4.79 Å². The predicted octanol–water partition coefficient (Wildman–Crippen LogP) is 1.70. The summed E-state index contributed by atoms with van der Waals surface area (Å²) in [5, 5.41) is 0. The minimum Gasteiger partial charge on any atom is -0.372 e. The Kier molecular flexibility index (Phi) is 3.16. The number of hydrogen-bond donors (Lipinski definition) is 0. The molecule has 2 aliphatic heterocycles. The van der Waals surface area contributed by atoms with E-state index in [1.165, 1.54) is 0 Å². The molecular weight excluding hydrogens is 232 g/mol. The van der Waals surface area contributed by atoms with E-state index < -0.39 is 12.4 Å². The van der Waals surface area contributed by atoms with E-state index in [-0.39, 0.29) is 17.8 Å². The van der Waals surface area contributed by atoms with Gasteiger partial charge in [0.2, 0.25) is 0 Å². The summed E-state index contributed by atoms with van der Waals surface area (Å²) in [6.07, 6.45) is -1.22. The number of benzene rings is 1. The minimum absolute atomic E-state index is 0.0965. The van der Waals surface area contributed by atoms with Gasteiger partial charge in [0.15, 0.2) is 12.1 Å². The van der Waals surface area contributed by atoms with E-state index in [1.807, 2.05) is 37.3 Å². The molecular formula is C14H16O4. The van der Waals surface area contributed by atoms with Gasteiger partial charge in [0.25, 0.3) is 0 Å². The average molecular weight is 248 g/mol. The highest BCUT2D eigenvalue weighted by molar-refractivity contribution is 5.86. The summed E-state index contributed by atoms with van der Waals surface area (Å²) in [4.78, 5) is 12.1. The molecule has 0 bridgehead atoms. The second-order valence-electron chi connectivity index (χ2n) is 4.81. The molecule has 4 atom stereocenters. The molecule has 4 nitrogen and oxygen atoms in total. The Labute approximate surface area is 106 Å². The van der Waals surface area contributed by atoms with E-state index >= 15 is 0 Å². The van der Waals surface area contributed by atoms with Crippen LogP contribution in [0.3, 0.4) is 0 Å². The number of carbonyl (C=O) groups excluding carboxylic acids is 1. The third-order valence-electron chi connectivity index (χ3n) is 3.42. The van der Waals surface area contributed by atoms with Gasteiger partial charge in [0, 0.05) is 11.5 Å². The molecule has 0 aliphatic carbocycles. The third-order valence-corrected chi connectivity index (χ3v) is 3.42. The van der Waals surface area contributed by atoms with Crippen molar-refractivity contribution < 1.29 is 19.0 Å². The summed E-state index contributed by atoms with van der Waals surface area (Å²) < 4.78 is 17.0. The molecule has 18 heavy (non-hydrogen) atoms. The number of ketones is 1. The zero-order valence-corrected chi connectivity index (χ0v) is 10.2. The lowest BCUT2D eigenvalue weighted by Gasteiger charge is -2.40. The van der Waals surface area contributed by atoms with Gasteiger partial charge in [-0.2, -0.15) is 0 Å². The maximum absolute atomic E-state index is 12.1. The van der Waals surface area contributed by atoms with Gasteiger partial charge >= 0.3 is 0 Å². The fraction of sp³-hybridized carbons (Fsp3) is 0.500. The molecule has 2 fully saturated rings. The molecule has 0 saturated carbocycles. The minimum atomic E-state index is -0.493. The predicted molar refractivity (Wildman–Crippen MR) is 63.9 cm³/mol. The van der Waals surface area contributed by atoms with E-state index in [9.17, 15) is 4.79 Å². The molecule has 2 aliphatic rings. The molecule has 0 N–H and O–H groups in total. The molecule has 3 rings (SSSR count). The van der Waals surface area contributed by atoms with Gasteiger partial charge in [-0.05, 0) is 0 Å². The van der Waals surface area contributed by atoms with Crippen molar-refractivity contribution in [1.29, 1.82) is 0 Å². The van der Waals surface area contributed by atoms with Gasteiger partial charge in [0.1, 0.15) is 12.2 Å². The Morgan fingerprint density at radius 3 is 2.67 bits per heavy atom. The van der Waals surface area contributed by atoms with Crippen LogP contribution in [0.5, 0.6) is 0 Å². The Hall–Kier alpha value is -1.23. The first-order chi connectivity index (χ1) is 8.75. The van der Waals surface area contributed by atoms with Crippen LogP contribution in [0.15, 0.2) is 30.3 Å². The number of Topliss-reactive ketones (excluding diaryl/α,β-unsaturated/α-hetero) is 1. The number of hydrogen-bond acceptors (Lipinski definition) is 4. The zero-order chi connectivity index (χ0) is 12.5. The fourth-order valence-corrected chi connectivity index (χ4v) is 2.33. The van der Waals surface area contributed by atoms with Crippen LogP contribution in [-0.2, 0) is 19.0 Å². The maximum Gasteiger partial charge on any atom is 0.184 e. The number of rotatable bonds is 1. The highest BCUT2D eigenvalue weighted by atomic mass is 16.7. The van der Waals surface area contributed by atoms with Crippen molar-refractivity contribution in [1.82, 2.24) is 0 Å². The summed E-state index contributed by atoms with van der Waals surface area (Å²) in [5.74, 6) is 0.0243. The summed E-state index contributed by atoms with van der Waals surface area (Å²) >= 11 is 0. The van der Waals surface area contributed by atoms with Crippen molar-refractivity contribution in [3.8, 4) is 0 Å². The van der Waals surface area contributed by atoms with Crippen LogP contribution in [0, 0.1) is 5.92 Å². The first-order valence-corrected chi connectivity index (χ1v) is 6.23. The highest BCUT2D eigenvalue weighted by Gasteiger charge is 2.43. The molecule has 2 heterocycles. The first-order valence-electron chi connectivity index (χ1n) is 6.23. The quantitative estimate of drug-likeness (QED) is 0.759. The van der Waals surface area contributed by atoms with Crippen LogP contribution in [0.25, 0.3) is 0 Å². The summed E-state index contributed by atoms with van der Waals surface area (Å²) in [6.45, 7) is 2.74. The van der Waals surface area contributed by atoms with Crippen LogP contribution >= 0.6 is 0 Å². The maximum atomic E-state index is 12.1. The molecule has 1 aromatic carbocycles. The topological polar surface area (TPSA) is 44.8 Å². The standard InChI is InChI=1S/C14H16O4/c1-9-7-16-11-8-17-14(18-13(11)12(9)15)10-5-3-2-4-6-10/h2-6,9,11,13-14H,7-8H2,1H3/t9-,11+,13?,14+/m0/s1. The van der Waals surface area contributed by atoms with Gasteiger partial charge in [-0.1, -0.05) is 37.3 Å². The normalized spacial score (nSPS) is 36.2. The molecule has 96 valence electrons. The van der Waals surface area contributed by atoms with E-state index in [1.54, 1.807) is 0 Å².